The molecule has 3 rings (SSSR count). The first-order chi connectivity index (χ1) is 10.1. The molecular weight excluding hydrogens is 275 g/mol. The Labute approximate surface area is 120 Å². The molecular formula is C16H13FO4. The minimum absolute atomic E-state index is 0.0901. The summed E-state index contributed by atoms with van der Waals surface area (Å²) >= 11 is 0. The Morgan fingerprint density at radius 1 is 1.29 bits per heavy atom. The van der Waals surface area contributed by atoms with Crippen molar-refractivity contribution in [2.45, 2.75) is 12.5 Å². The van der Waals surface area contributed by atoms with Crippen LogP contribution in [0, 0.1) is 5.82 Å². The van der Waals surface area contributed by atoms with Gasteiger partial charge >= 0.3 is 0 Å². The number of phenolic OH excluding ortho intramolecular Hbond substituents is 1. The number of rotatable bonds is 2. The van der Waals surface area contributed by atoms with Gasteiger partial charge in [0.05, 0.1) is 19.1 Å². The number of aromatic hydroxyl groups is 1. The molecule has 0 fully saturated rings. The first-order valence-electron chi connectivity index (χ1n) is 6.44. The molecule has 108 valence electrons. The van der Waals surface area contributed by atoms with Crippen LogP contribution in [0.1, 0.15) is 28.4 Å². The summed E-state index contributed by atoms with van der Waals surface area (Å²) in [5.41, 5.74) is 0.905. The SMILES string of the molecule is COc1ccc2c(c1)OC(c1cc(O)cc(F)c1)CC2=O. The number of carbonyl (C=O) groups excluding carboxylic acids is 1. The van der Waals surface area contributed by atoms with Gasteiger partial charge in [-0.25, -0.2) is 4.39 Å². The van der Waals surface area contributed by atoms with E-state index < -0.39 is 11.9 Å². The lowest BCUT2D eigenvalue weighted by Gasteiger charge is -2.26. The van der Waals surface area contributed by atoms with E-state index in [9.17, 15) is 14.3 Å². The Balaban J connectivity index is 1.98. The zero-order valence-corrected chi connectivity index (χ0v) is 11.3. The van der Waals surface area contributed by atoms with E-state index in [4.69, 9.17) is 9.47 Å². The maximum atomic E-state index is 13.4. The molecule has 0 bridgehead atoms. The fourth-order valence-electron chi connectivity index (χ4n) is 2.40. The number of ketones is 1. The van der Waals surface area contributed by atoms with Crippen LogP contribution < -0.4 is 9.47 Å². The molecule has 0 aliphatic carbocycles. The molecule has 1 N–H and O–H groups in total. The van der Waals surface area contributed by atoms with Gasteiger partial charge in [-0.05, 0) is 29.8 Å². The number of Topliss-reactive ketones (excluding diaryl/α,β-unsaturated/α-hetero) is 1. The van der Waals surface area contributed by atoms with Gasteiger partial charge in [-0.15, -0.1) is 0 Å². The lowest BCUT2D eigenvalue weighted by molar-refractivity contribution is 0.0848. The molecule has 21 heavy (non-hydrogen) atoms. The summed E-state index contributed by atoms with van der Waals surface area (Å²) in [6, 6.07) is 8.61. The number of ether oxygens (including phenoxy) is 2. The summed E-state index contributed by atoms with van der Waals surface area (Å²) in [7, 11) is 1.52. The molecule has 0 saturated carbocycles. The molecule has 1 atom stereocenters. The van der Waals surface area contributed by atoms with Gasteiger partial charge < -0.3 is 14.6 Å². The van der Waals surface area contributed by atoms with Crippen molar-refractivity contribution in [3.05, 3.63) is 53.3 Å². The highest BCUT2D eigenvalue weighted by Crippen LogP contribution is 2.37. The Hall–Kier alpha value is -2.56. The van der Waals surface area contributed by atoms with Crippen molar-refractivity contribution in [1.82, 2.24) is 0 Å². The van der Waals surface area contributed by atoms with Gasteiger partial charge in [0.15, 0.2) is 5.78 Å². The van der Waals surface area contributed by atoms with Crippen LogP contribution in [-0.4, -0.2) is 18.0 Å². The molecule has 5 heteroatoms. The quantitative estimate of drug-likeness (QED) is 0.921. The number of phenols is 1. The average Bonchev–Trinajstić information content (AvgIpc) is 2.45. The van der Waals surface area contributed by atoms with Crippen molar-refractivity contribution < 1.29 is 23.8 Å². The van der Waals surface area contributed by atoms with Crippen LogP contribution in [0.25, 0.3) is 0 Å². The van der Waals surface area contributed by atoms with Crippen molar-refractivity contribution >= 4 is 5.78 Å². The largest absolute Gasteiger partial charge is 0.508 e. The lowest BCUT2D eigenvalue weighted by atomic mass is 9.96. The number of methoxy groups -OCH3 is 1. The van der Waals surface area contributed by atoms with Crippen molar-refractivity contribution in [2.75, 3.05) is 7.11 Å². The van der Waals surface area contributed by atoms with E-state index >= 15 is 0 Å². The van der Waals surface area contributed by atoms with Gasteiger partial charge in [0.2, 0.25) is 0 Å². The van der Waals surface area contributed by atoms with E-state index in [1.165, 1.54) is 19.2 Å². The normalized spacial score (nSPS) is 17.0. The first kappa shape index (κ1) is 13.4. The Morgan fingerprint density at radius 2 is 2.10 bits per heavy atom. The topological polar surface area (TPSA) is 55.8 Å². The van der Waals surface area contributed by atoms with Crippen LogP contribution in [0.2, 0.25) is 0 Å². The van der Waals surface area contributed by atoms with Gasteiger partial charge in [-0.1, -0.05) is 0 Å². The van der Waals surface area contributed by atoms with Crippen LogP contribution >= 0.6 is 0 Å². The smallest absolute Gasteiger partial charge is 0.170 e. The predicted molar refractivity (Wildman–Crippen MR) is 73.4 cm³/mol. The standard InChI is InChI=1S/C16H13FO4/c1-20-12-2-3-13-14(19)8-15(21-16(13)7-12)9-4-10(17)6-11(18)5-9/h2-7,15,18H,8H2,1H3. The predicted octanol–water partition coefficient (Wildman–Crippen LogP) is 3.25. The van der Waals surface area contributed by atoms with Gasteiger partial charge in [0, 0.05) is 12.1 Å². The summed E-state index contributed by atoms with van der Waals surface area (Å²) < 4.78 is 24.2. The Morgan fingerprint density at radius 3 is 2.81 bits per heavy atom. The molecule has 0 aromatic heterocycles. The minimum atomic E-state index is -0.626. The van der Waals surface area contributed by atoms with Crippen molar-refractivity contribution in [1.29, 1.82) is 0 Å². The number of fused-ring (bicyclic) bond motifs is 1. The van der Waals surface area contributed by atoms with Gasteiger partial charge in [0.25, 0.3) is 0 Å². The van der Waals surface area contributed by atoms with Crippen LogP contribution in [0.15, 0.2) is 36.4 Å². The Kier molecular flexibility index (Phi) is 3.25. The van der Waals surface area contributed by atoms with Crippen molar-refractivity contribution in [3.8, 4) is 17.2 Å². The van der Waals surface area contributed by atoms with E-state index in [1.54, 1.807) is 18.2 Å². The van der Waals surface area contributed by atoms with Crippen molar-refractivity contribution in [3.63, 3.8) is 0 Å². The van der Waals surface area contributed by atoms with Crippen LogP contribution in [-0.2, 0) is 0 Å². The van der Waals surface area contributed by atoms with E-state index in [-0.39, 0.29) is 18.0 Å². The number of carbonyl (C=O) groups is 1. The molecule has 4 nitrogen and oxygen atoms in total. The zero-order valence-electron chi connectivity index (χ0n) is 11.3. The third-order valence-electron chi connectivity index (χ3n) is 3.41. The van der Waals surface area contributed by atoms with E-state index in [2.05, 4.69) is 0 Å². The molecule has 0 radical (unpaired) electrons. The second-order valence-electron chi connectivity index (χ2n) is 4.84. The number of hydrogen-bond acceptors (Lipinski definition) is 4. The Bertz CT molecular complexity index is 691. The highest BCUT2D eigenvalue weighted by molar-refractivity contribution is 6.00. The lowest BCUT2D eigenvalue weighted by Crippen LogP contribution is -2.20. The van der Waals surface area contributed by atoms with Gasteiger partial charge in [-0.2, -0.15) is 0 Å². The fraction of sp³-hybridized carbons (Fsp3) is 0.188. The first-order valence-corrected chi connectivity index (χ1v) is 6.44. The van der Waals surface area contributed by atoms with Gasteiger partial charge in [-0.3, -0.25) is 4.79 Å². The molecule has 1 aliphatic rings. The van der Waals surface area contributed by atoms with Crippen LogP contribution in [0.4, 0.5) is 4.39 Å². The van der Waals surface area contributed by atoms with E-state index in [0.29, 0.717) is 22.6 Å². The van der Waals surface area contributed by atoms with Gasteiger partial charge in [0.1, 0.15) is 29.2 Å². The molecule has 2 aromatic carbocycles. The summed E-state index contributed by atoms with van der Waals surface area (Å²) in [4.78, 5) is 12.2. The summed E-state index contributed by atoms with van der Waals surface area (Å²) in [5.74, 6) is 0.117. The van der Waals surface area contributed by atoms with E-state index in [0.717, 1.165) is 6.07 Å². The third kappa shape index (κ3) is 2.54. The summed E-state index contributed by atoms with van der Waals surface area (Å²) in [6.45, 7) is 0. The maximum absolute atomic E-state index is 13.4. The zero-order chi connectivity index (χ0) is 15.0. The molecule has 1 unspecified atom stereocenters. The molecule has 1 heterocycles. The third-order valence-corrected chi connectivity index (χ3v) is 3.41. The number of halogens is 1. The molecule has 1 aliphatic heterocycles. The molecule has 0 amide bonds. The summed E-state index contributed by atoms with van der Waals surface area (Å²) in [5, 5.41) is 9.47. The van der Waals surface area contributed by atoms with Crippen molar-refractivity contribution in [2.24, 2.45) is 0 Å². The molecule has 0 spiro atoms. The monoisotopic (exact) mass is 288 g/mol. The fourth-order valence-corrected chi connectivity index (χ4v) is 2.40. The molecule has 2 aromatic rings. The molecule has 0 saturated heterocycles. The van der Waals surface area contributed by atoms with Crippen LogP contribution in [0.5, 0.6) is 17.2 Å². The maximum Gasteiger partial charge on any atom is 0.170 e. The van der Waals surface area contributed by atoms with E-state index in [1.807, 2.05) is 0 Å². The average molecular weight is 288 g/mol. The second-order valence-corrected chi connectivity index (χ2v) is 4.84. The highest BCUT2D eigenvalue weighted by atomic mass is 19.1. The summed E-state index contributed by atoms with van der Waals surface area (Å²) in [6.07, 6.45) is -0.527. The number of benzene rings is 2. The number of hydrogen-bond donors (Lipinski definition) is 1. The second kappa shape index (κ2) is 5.09. The minimum Gasteiger partial charge on any atom is -0.508 e. The highest BCUT2D eigenvalue weighted by Gasteiger charge is 2.28. The van der Waals surface area contributed by atoms with Crippen LogP contribution in [0.3, 0.4) is 0 Å².